The largest absolute Gasteiger partial charge is 0.469 e. The summed E-state index contributed by atoms with van der Waals surface area (Å²) < 4.78 is 85.2. The number of carbonyl (C=O) groups is 1. The van der Waals surface area contributed by atoms with Gasteiger partial charge in [-0.3, -0.25) is 4.79 Å². The van der Waals surface area contributed by atoms with Crippen molar-refractivity contribution >= 4 is 5.97 Å². The van der Waals surface area contributed by atoms with Crippen molar-refractivity contribution in [2.75, 3.05) is 7.11 Å². The molecule has 0 N–H and O–H groups in total. The predicted molar refractivity (Wildman–Crippen MR) is 67.5 cm³/mol. The van der Waals surface area contributed by atoms with Gasteiger partial charge >= 0.3 is 12.1 Å². The molecule has 132 valence electrons. The maximum absolute atomic E-state index is 14.5. The van der Waals surface area contributed by atoms with Crippen LogP contribution in [-0.4, -0.2) is 31.3 Å². The van der Waals surface area contributed by atoms with Crippen LogP contribution in [0.1, 0.15) is 38.5 Å². The average Bonchev–Trinajstić information content (AvgIpc) is 2.43. The molecule has 5 atom stereocenters. The van der Waals surface area contributed by atoms with Gasteiger partial charge in [-0.25, -0.2) is 13.2 Å². The molecule has 4 fully saturated rings. The smallest absolute Gasteiger partial charge is 0.425 e. The summed E-state index contributed by atoms with van der Waals surface area (Å²) >= 11 is 0. The van der Waals surface area contributed by atoms with Gasteiger partial charge in [0.05, 0.1) is 12.5 Å². The van der Waals surface area contributed by atoms with Crippen LogP contribution in [0.2, 0.25) is 0 Å². The minimum Gasteiger partial charge on any atom is -0.469 e. The number of alkyl halides is 6. The van der Waals surface area contributed by atoms with E-state index in [-0.39, 0.29) is 24.7 Å². The fraction of sp³-hybridized carbons (Fsp3) is 0.933. The second-order valence-electron chi connectivity index (χ2n) is 7.54. The number of methoxy groups -OCH3 is 1. The highest BCUT2D eigenvalue weighted by Crippen LogP contribution is 2.70. The van der Waals surface area contributed by atoms with E-state index in [0.717, 1.165) is 7.11 Å². The third-order valence-electron chi connectivity index (χ3n) is 5.99. The van der Waals surface area contributed by atoms with E-state index >= 15 is 0 Å². The molecule has 4 bridgehead atoms. The topological polar surface area (TPSA) is 26.3 Å². The number of hydrogen-bond donors (Lipinski definition) is 0. The molecule has 0 spiro atoms. The SMILES string of the molecule is COC(=O)C12C[C@H]3C[C@@H](C1)CC(C(F)(F)[C@@H](F)C(F)(F)F)(C3)C2. The van der Waals surface area contributed by atoms with Gasteiger partial charge in [0.1, 0.15) is 0 Å². The van der Waals surface area contributed by atoms with Gasteiger partial charge in [0.2, 0.25) is 0 Å². The predicted octanol–water partition coefficient (Wildman–Crippen LogP) is 4.28. The molecule has 0 radical (unpaired) electrons. The first-order valence-electron chi connectivity index (χ1n) is 7.63. The van der Waals surface area contributed by atoms with Crippen molar-refractivity contribution in [3.8, 4) is 0 Å². The van der Waals surface area contributed by atoms with Gasteiger partial charge < -0.3 is 4.74 Å². The van der Waals surface area contributed by atoms with Gasteiger partial charge in [0.25, 0.3) is 12.1 Å². The standard InChI is InChI=1S/C15H18F6O2/c1-23-11(22)12-3-8-2-9(4-12)6-13(5-8,7-12)14(17,18)10(16)15(19,20)21/h8-10H,2-7H2,1H3/t8-,9+,10-,12?,13?/m1/s1. The molecule has 0 amide bonds. The molecule has 4 aliphatic carbocycles. The van der Waals surface area contributed by atoms with Crippen molar-refractivity contribution in [1.29, 1.82) is 0 Å². The maximum atomic E-state index is 14.5. The monoisotopic (exact) mass is 344 g/mol. The first-order chi connectivity index (χ1) is 10.5. The average molecular weight is 344 g/mol. The number of halogens is 6. The summed E-state index contributed by atoms with van der Waals surface area (Å²) in [5.41, 5.74) is -3.30. The molecule has 0 aromatic carbocycles. The van der Waals surface area contributed by atoms with Crippen LogP contribution < -0.4 is 0 Å². The lowest BCUT2D eigenvalue weighted by molar-refractivity contribution is -0.306. The van der Waals surface area contributed by atoms with Gasteiger partial charge in [0, 0.05) is 5.41 Å². The zero-order valence-electron chi connectivity index (χ0n) is 12.6. The van der Waals surface area contributed by atoms with Gasteiger partial charge in [-0.05, 0) is 50.4 Å². The number of carbonyl (C=O) groups excluding carboxylic acids is 1. The summed E-state index contributed by atoms with van der Waals surface area (Å²) in [6.45, 7) is 0. The highest BCUT2D eigenvalue weighted by atomic mass is 19.4. The van der Waals surface area contributed by atoms with E-state index in [1.807, 2.05) is 0 Å². The molecule has 0 aliphatic heterocycles. The Balaban J connectivity index is 2.00. The van der Waals surface area contributed by atoms with E-state index in [9.17, 15) is 31.1 Å². The summed E-state index contributed by atoms with van der Waals surface area (Å²) in [5, 5.41) is 0. The summed E-state index contributed by atoms with van der Waals surface area (Å²) in [7, 11) is 1.14. The Kier molecular flexibility index (Phi) is 3.51. The molecular weight excluding hydrogens is 326 g/mol. The van der Waals surface area contributed by atoms with Crippen molar-refractivity contribution in [3.63, 3.8) is 0 Å². The highest BCUT2D eigenvalue weighted by molar-refractivity contribution is 5.77. The minimum absolute atomic E-state index is 0.161. The van der Waals surface area contributed by atoms with Gasteiger partial charge in [-0.1, -0.05) is 0 Å². The maximum Gasteiger partial charge on any atom is 0.425 e. The molecule has 2 unspecified atom stereocenters. The third-order valence-corrected chi connectivity index (χ3v) is 5.99. The van der Waals surface area contributed by atoms with Crippen LogP contribution in [0.5, 0.6) is 0 Å². The van der Waals surface area contributed by atoms with Crippen LogP contribution >= 0.6 is 0 Å². The van der Waals surface area contributed by atoms with Crippen LogP contribution in [0.25, 0.3) is 0 Å². The Morgan fingerprint density at radius 1 is 1.09 bits per heavy atom. The fourth-order valence-electron chi connectivity index (χ4n) is 5.58. The molecular formula is C15H18F6O2. The van der Waals surface area contributed by atoms with Crippen molar-refractivity contribution in [2.45, 2.75) is 56.8 Å². The normalized spacial score (nSPS) is 41.0. The van der Waals surface area contributed by atoms with E-state index < -0.39 is 41.5 Å². The van der Waals surface area contributed by atoms with E-state index in [1.165, 1.54) is 0 Å². The Morgan fingerprint density at radius 2 is 1.61 bits per heavy atom. The molecule has 0 aromatic rings. The van der Waals surface area contributed by atoms with E-state index in [0.29, 0.717) is 19.3 Å². The third kappa shape index (κ3) is 2.27. The van der Waals surface area contributed by atoms with Crippen LogP contribution in [0, 0.1) is 22.7 Å². The Hall–Kier alpha value is -0.950. The second-order valence-corrected chi connectivity index (χ2v) is 7.54. The summed E-state index contributed by atoms with van der Waals surface area (Å²) in [4.78, 5) is 12.1. The van der Waals surface area contributed by atoms with Crippen molar-refractivity contribution in [2.24, 2.45) is 22.7 Å². The Labute approximate surface area is 129 Å². The van der Waals surface area contributed by atoms with E-state index in [2.05, 4.69) is 0 Å². The summed E-state index contributed by atoms with van der Waals surface area (Å²) in [5.74, 6) is -5.75. The van der Waals surface area contributed by atoms with Crippen molar-refractivity contribution < 1.29 is 35.9 Å². The second kappa shape index (κ2) is 4.79. The minimum atomic E-state index is -5.62. The first-order valence-corrected chi connectivity index (χ1v) is 7.63. The first kappa shape index (κ1) is 16.9. The van der Waals surface area contributed by atoms with Crippen LogP contribution in [0.4, 0.5) is 26.3 Å². The van der Waals surface area contributed by atoms with Crippen LogP contribution in [-0.2, 0) is 9.53 Å². The highest BCUT2D eigenvalue weighted by Gasteiger charge is 2.73. The number of rotatable bonds is 3. The number of esters is 1. The molecule has 2 nitrogen and oxygen atoms in total. The lowest BCUT2D eigenvalue weighted by atomic mass is 9.42. The lowest BCUT2D eigenvalue weighted by Crippen LogP contribution is -2.64. The zero-order valence-corrected chi connectivity index (χ0v) is 12.6. The molecule has 0 aromatic heterocycles. The molecule has 4 aliphatic rings. The van der Waals surface area contributed by atoms with E-state index in [1.54, 1.807) is 0 Å². The van der Waals surface area contributed by atoms with Crippen LogP contribution in [0.15, 0.2) is 0 Å². The van der Waals surface area contributed by atoms with Gasteiger partial charge in [-0.2, -0.15) is 13.2 Å². The van der Waals surface area contributed by atoms with Crippen molar-refractivity contribution in [3.05, 3.63) is 0 Å². The molecule has 0 saturated heterocycles. The van der Waals surface area contributed by atoms with Gasteiger partial charge in [-0.15, -0.1) is 0 Å². The van der Waals surface area contributed by atoms with Crippen LogP contribution in [0.3, 0.4) is 0 Å². The lowest BCUT2D eigenvalue weighted by Gasteiger charge is -2.62. The molecule has 8 heteroatoms. The Morgan fingerprint density at radius 3 is 2.04 bits per heavy atom. The quantitative estimate of drug-likeness (QED) is 0.564. The van der Waals surface area contributed by atoms with Crippen molar-refractivity contribution in [1.82, 2.24) is 0 Å². The molecule has 0 heterocycles. The molecule has 4 rings (SSSR count). The molecule has 4 saturated carbocycles. The molecule has 23 heavy (non-hydrogen) atoms. The summed E-state index contributed by atoms with van der Waals surface area (Å²) in [6.07, 6.45) is -9.28. The zero-order chi connectivity index (χ0) is 17.3. The van der Waals surface area contributed by atoms with E-state index in [4.69, 9.17) is 4.74 Å². The Bertz CT molecular complexity index is 501. The number of hydrogen-bond acceptors (Lipinski definition) is 2. The number of ether oxygens (including phenoxy) is 1. The summed E-state index contributed by atoms with van der Waals surface area (Å²) in [6, 6.07) is 0. The van der Waals surface area contributed by atoms with Gasteiger partial charge in [0.15, 0.2) is 0 Å². The fourth-order valence-corrected chi connectivity index (χ4v) is 5.58.